The quantitative estimate of drug-likeness (QED) is 0.793. The lowest BCUT2D eigenvalue weighted by atomic mass is 10.2. The molecule has 1 aromatic rings. The fourth-order valence-corrected chi connectivity index (χ4v) is 1.69. The van der Waals surface area contributed by atoms with Crippen LogP contribution in [-0.2, 0) is 0 Å². The van der Waals surface area contributed by atoms with Crippen molar-refractivity contribution in [2.24, 2.45) is 0 Å². The smallest absolute Gasteiger partial charge is 0.410 e. The second-order valence-corrected chi connectivity index (χ2v) is 4.04. The van der Waals surface area contributed by atoms with Crippen LogP contribution in [0.15, 0.2) is 24.3 Å². The molecule has 1 amide bonds. The van der Waals surface area contributed by atoms with Crippen LogP contribution < -0.4 is 15.4 Å². The molecule has 0 saturated carbocycles. The number of rotatable bonds is 2. The average Bonchev–Trinajstić information content (AvgIpc) is 2.74. The molecule has 1 saturated heterocycles. The number of amides is 1. The Bertz CT molecular complexity index is 356. The normalized spacial score (nSPS) is 19.4. The zero-order chi connectivity index (χ0) is 11.4. The first kappa shape index (κ1) is 11.0. The summed E-state index contributed by atoms with van der Waals surface area (Å²) in [6.45, 7) is 3.77. The molecule has 1 heterocycles. The van der Waals surface area contributed by atoms with Gasteiger partial charge in [-0.3, -0.25) is 0 Å². The van der Waals surface area contributed by atoms with Gasteiger partial charge in [-0.15, -0.1) is 0 Å². The van der Waals surface area contributed by atoms with Gasteiger partial charge in [0.2, 0.25) is 0 Å². The highest BCUT2D eigenvalue weighted by molar-refractivity contribution is 5.70. The molecule has 2 rings (SSSR count). The maximum absolute atomic E-state index is 11.5. The Labute approximate surface area is 95.0 Å². The van der Waals surface area contributed by atoms with Crippen molar-refractivity contribution in [1.82, 2.24) is 10.6 Å². The van der Waals surface area contributed by atoms with Gasteiger partial charge in [-0.05, 0) is 32.0 Å². The SMILES string of the molecule is Cc1ccc(OC(=O)NC2CCNC2)cc1. The Hall–Kier alpha value is -1.55. The van der Waals surface area contributed by atoms with Crippen LogP contribution in [0.4, 0.5) is 4.79 Å². The van der Waals surface area contributed by atoms with E-state index in [0.717, 1.165) is 25.1 Å². The zero-order valence-corrected chi connectivity index (χ0v) is 9.32. The number of nitrogens with one attached hydrogen (secondary N) is 2. The van der Waals surface area contributed by atoms with E-state index in [1.807, 2.05) is 19.1 Å². The molecule has 4 nitrogen and oxygen atoms in total. The lowest BCUT2D eigenvalue weighted by Gasteiger charge is -2.11. The lowest BCUT2D eigenvalue weighted by molar-refractivity contribution is 0.197. The van der Waals surface area contributed by atoms with Crippen LogP contribution in [-0.4, -0.2) is 25.2 Å². The summed E-state index contributed by atoms with van der Waals surface area (Å²) < 4.78 is 5.15. The van der Waals surface area contributed by atoms with Gasteiger partial charge in [0.1, 0.15) is 5.75 Å². The predicted octanol–water partition coefficient (Wildman–Crippen LogP) is 1.45. The van der Waals surface area contributed by atoms with Crippen LogP contribution in [0.5, 0.6) is 5.75 Å². The first-order valence-corrected chi connectivity index (χ1v) is 5.50. The molecule has 0 radical (unpaired) electrons. The van der Waals surface area contributed by atoms with E-state index in [-0.39, 0.29) is 12.1 Å². The van der Waals surface area contributed by atoms with Crippen LogP contribution in [0.2, 0.25) is 0 Å². The maximum atomic E-state index is 11.5. The molecular weight excluding hydrogens is 204 g/mol. The Morgan fingerprint density at radius 1 is 1.44 bits per heavy atom. The van der Waals surface area contributed by atoms with Gasteiger partial charge in [-0.25, -0.2) is 4.79 Å². The average molecular weight is 220 g/mol. The highest BCUT2D eigenvalue weighted by atomic mass is 16.6. The van der Waals surface area contributed by atoms with Crippen molar-refractivity contribution in [2.75, 3.05) is 13.1 Å². The van der Waals surface area contributed by atoms with Crippen molar-refractivity contribution in [3.63, 3.8) is 0 Å². The Morgan fingerprint density at radius 3 is 2.81 bits per heavy atom. The first-order valence-electron chi connectivity index (χ1n) is 5.50. The number of hydrogen-bond acceptors (Lipinski definition) is 3. The van der Waals surface area contributed by atoms with Crippen LogP contribution in [0.3, 0.4) is 0 Å². The molecule has 2 N–H and O–H groups in total. The molecule has 0 aromatic heterocycles. The van der Waals surface area contributed by atoms with E-state index in [9.17, 15) is 4.79 Å². The number of carbonyl (C=O) groups excluding carboxylic acids is 1. The monoisotopic (exact) mass is 220 g/mol. The van der Waals surface area contributed by atoms with Gasteiger partial charge in [-0.2, -0.15) is 0 Å². The summed E-state index contributed by atoms with van der Waals surface area (Å²) in [6.07, 6.45) is 0.584. The minimum Gasteiger partial charge on any atom is -0.410 e. The maximum Gasteiger partial charge on any atom is 0.412 e. The molecule has 1 aromatic carbocycles. The molecule has 0 aliphatic carbocycles. The largest absolute Gasteiger partial charge is 0.412 e. The van der Waals surface area contributed by atoms with Gasteiger partial charge in [0.25, 0.3) is 0 Å². The standard InChI is InChI=1S/C12H16N2O2/c1-9-2-4-11(5-3-9)16-12(15)14-10-6-7-13-8-10/h2-5,10,13H,6-8H2,1H3,(H,14,15). The van der Waals surface area contributed by atoms with Crippen LogP contribution in [0.1, 0.15) is 12.0 Å². The molecule has 4 heteroatoms. The number of benzene rings is 1. The summed E-state index contributed by atoms with van der Waals surface area (Å²) in [5, 5.41) is 6.00. The van der Waals surface area contributed by atoms with Crippen molar-refractivity contribution in [2.45, 2.75) is 19.4 Å². The van der Waals surface area contributed by atoms with Crippen molar-refractivity contribution in [1.29, 1.82) is 0 Å². The molecule has 16 heavy (non-hydrogen) atoms. The van der Waals surface area contributed by atoms with Crippen molar-refractivity contribution < 1.29 is 9.53 Å². The number of aryl methyl sites for hydroxylation is 1. The summed E-state index contributed by atoms with van der Waals surface area (Å²) in [5.41, 5.74) is 1.15. The minimum atomic E-state index is -0.377. The van der Waals surface area contributed by atoms with Gasteiger partial charge < -0.3 is 15.4 Å². The molecule has 0 bridgehead atoms. The van der Waals surface area contributed by atoms with E-state index < -0.39 is 0 Å². The second kappa shape index (κ2) is 4.99. The second-order valence-electron chi connectivity index (χ2n) is 4.04. The van der Waals surface area contributed by atoms with Gasteiger partial charge >= 0.3 is 6.09 Å². The highest BCUT2D eigenvalue weighted by Crippen LogP contribution is 2.11. The predicted molar refractivity (Wildman–Crippen MR) is 61.6 cm³/mol. The van der Waals surface area contributed by atoms with Crippen molar-refractivity contribution >= 4 is 6.09 Å². The fraction of sp³-hybridized carbons (Fsp3) is 0.417. The Kier molecular flexibility index (Phi) is 3.41. The Balaban J connectivity index is 1.84. The number of ether oxygens (including phenoxy) is 1. The molecule has 1 unspecified atom stereocenters. The molecule has 1 fully saturated rings. The fourth-order valence-electron chi connectivity index (χ4n) is 1.69. The van der Waals surface area contributed by atoms with E-state index in [1.54, 1.807) is 12.1 Å². The van der Waals surface area contributed by atoms with E-state index in [1.165, 1.54) is 0 Å². The minimum absolute atomic E-state index is 0.193. The topological polar surface area (TPSA) is 50.4 Å². The number of carbonyl (C=O) groups is 1. The summed E-state index contributed by atoms with van der Waals surface area (Å²) in [5.74, 6) is 0.578. The van der Waals surface area contributed by atoms with E-state index in [0.29, 0.717) is 5.75 Å². The van der Waals surface area contributed by atoms with Crippen LogP contribution >= 0.6 is 0 Å². The van der Waals surface area contributed by atoms with Gasteiger partial charge in [0, 0.05) is 12.6 Å². The van der Waals surface area contributed by atoms with Gasteiger partial charge in [-0.1, -0.05) is 17.7 Å². The highest BCUT2D eigenvalue weighted by Gasteiger charge is 2.17. The molecule has 1 atom stereocenters. The molecule has 86 valence electrons. The van der Waals surface area contributed by atoms with Crippen molar-refractivity contribution in [3.05, 3.63) is 29.8 Å². The van der Waals surface area contributed by atoms with Gasteiger partial charge in [0.05, 0.1) is 0 Å². The summed E-state index contributed by atoms with van der Waals surface area (Å²) in [4.78, 5) is 11.5. The van der Waals surface area contributed by atoms with E-state index >= 15 is 0 Å². The lowest BCUT2D eigenvalue weighted by Crippen LogP contribution is -2.38. The first-order chi connectivity index (χ1) is 7.74. The number of hydrogen-bond donors (Lipinski definition) is 2. The summed E-state index contributed by atoms with van der Waals surface area (Å²) in [6, 6.07) is 7.61. The molecule has 0 spiro atoms. The van der Waals surface area contributed by atoms with Gasteiger partial charge in [0.15, 0.2) is 0 Å². The van der Waals surface area contributed by atoms with E-state index in [2.05, 4.69) is 10.6 Å². The summed E-state index contributed by atoms with van der Waals surface area (Å²) >= 11 is 0. The van der Waals surface area contributed by atoms with E-state index in [4.69, 9.17) is 4.74 Å². The zero-order valence-electron chi connectivity index (χ0n) is 9.32. The third-order valence-electron chi connectivity index (χ3n) is 2.61. The van der Waals surface area contributed by atoms with Crippen LogP contribution in [0, 0.1) is 6.92 Å². The Morgan fingerprint density at radius 2 is 2.19 bits per heavy atom. The van der Waals surface area contributed by atoms with Crippen molar-refractivity contribution in [3.8, 4) is 5.75 Å². The molecule has 1 aliphatic heterocycles. The third kappa shape index (κ3) is 2.97. The summed E-state index contributed by atoms with van der Waals surface area (Å²) in [7, 11) is 0. The van der Waals surface area contributed by atoms with Crippen LogP contribution in [0.25, 0.3) is 0 Å². The molecular formula is C12H16N2O2. The molecule has 1 aliphatic rings. The third-order valence-corrected chi connectivity index (χ3v) is 2.61.